The van der Waals surface area contributed by atoms with Gasteiger partial charge in [-0.25, -0.2) is 4.79 Å². The van der Waals surface area contributed by atoms with Gasteiger partial charge in [0.25, 0.3) is 5.56 Å². The highest BCUT2D eigenvalue weighted by Crippen LogP contribution is 2.28. The predicted octanol–water partition coefficient (Wildman–Crippen LogP) is 0.970. The first-order chi connectivity index (χ1) is 9.63. The van der Waals surface area contributed by atoms with E-state index in [4.69, 9.17) is 0 Å². The molecule has 20 heavy (non-hydrogen) atoms. The highest BCUT2D eigenvalue weighted by atomic mass is 16.2. The lowest BCUT2D eigenvalue weighted by Crippen LogP contribution is -2.40. The molecule has 0 unspecified atom stereocenters. The van der Waals surface area contributed by atoms with Crippen molar-refractivity contribution in [2.75, 3.05) is 12.4 Å². The Morgan fingerprint density at radius 1 is 1.25 bits per heavy atom. The van der Waals surface area contributed by atoms with Crippen LogP contribution in [0.25, 0.3) is 11.2 Å². The van der Waals surface area contributed by atoms with Crippen LogP contribution in [0.15, 0.2) is 9.59 Å². The SMILES string of the molecule is CNc1nc2c([nH]1)c(=O)n(C)c(=O)n2C1CCCCC1. The van der Waals surface area contributed by atoms with Gasteiger partial charge in [-0.15, -0.1) is 0 Å². The van der Waals surface area contributed by atoms with Crippen LogP contribution in [0.3, 0.4) is 0 Å². The van der Waals surface area contributed by atoms with Gasteiger partial charge in [0.05, 0.1) is 0 Å². The molecule has 0 bridgehead atoms. The second-order valence-corrected chi connectivity index (χ2v) is 5.34. The second-order valence-electron chi connectivity index (χ2n) is 5.34. The van der Waals surface area contributed by atoms with Crippen LogP contribution in [0, 0.1) is 0 Å². The third kappa shape index (κ3) is 1.85. The largest absolute Gasteiger partial charge is 0.359 e. The fourth-order valence-electron chi connectivity index (χ4n) is 2.98. The smallest absolute Gasteiger partial charge is 0.332 e. The number of rotatable bonds is 2. The molecule has 0 aromatic carbocycles. The van der Waals surface area contributed by atoms with Crippen LogP contribution >= 0.6 is 0 Å². The molecule has 2 N–H and O–H groups in total. The fourth-order valence-corrected chi connectivity index (χ4v) is 2.98. The van der Waals surface area contributed by atoms with Crippen molar-refractivity contribution in [2.24, 2.45) is 7.05 Å². The standard InChI is InChI=1S/C13H19N5O2/c1-14-12-15-9-10(16-12)18(8-6-4-3-5-7-8)13(20)17(2)11(9)19/h8H,3-7H2,1-2H3,(H2,14,15,16). The van der Waals surface area contributed by atoms with Crippen molar-refractivity contribution in [3.8, 4) is 0 Å². The Labute approximate surface area is 115 Å². The molecule has 108 valence electrons. The van der Waals surface area contributed by atoms with Gasteiger partial charge in [0.15, 0.2) is 11.2 Å². The molecule has 0 aliphatic heterocycles. The average Bonchev–Trinajstić information content (AvgIpc) is 2.90. The van der Waals surface area contributed by atoms with E-state index in [0.29, 0.717) is 17.1 Å². The molecule has 1 aliphatic carbocycles. The summed E-state index contributed by atoms with van der Waals surface area (Å²) in [4.78, 5) is 31.9. The Hall–Kier alpha value is -2.05. The lowest BCUT2D eigenvalue weighted by atomic mass is 9.95. The van der Waals surface area contributed by atoms with Crippen molar-refractivity contribution in [2.45, 2.75) is 38.1 Å². The second kappa shape index (κ2) is 4.81. The molecule has 0 spiro atoms. The number of fused-ring (bicyclic) bond motifs is 1. The van der Waals surface area contributed by atoms with Gasteiger partial charge in [0.1, 0.15) is 0 Å². The van der Waals surface area contributed by atoms with Crippen molar-refractivity contribution in [1.29, 1.82) is 0 Å². The van der Waals surface area contributed by atoms with Gasteiger partial charge in [-0.05, 0) is 12.8 Å². The number of hydrogen-bond acceptors (Lipinski definition) is 4. The van der Waals surface area contributed by atoms with E-state index in [0.717, 1.165) is 30.3 Å². The minimum absolute atomic E-state index is 0.138. The van der Waals surface area contributed by atoms with Crippen molar-refractivity contribution >= 4 is 17.1 Å². The van der Waals surface area contributed by atoms with Gasteiger partial charge in [-0.3, -0.25) is 13.9 Å². The van der Waals surface area contributed by atoms with Crippen LogP contribution in [-0.4, -0.2) is 26.1 Å². The summed E-state index contributed by atoms with van der Waals surface area (Å²) in [5, 5.41) is 2.88. The number of anilines is 1. The Morgan fingerprint density at radius 3 is 2.60 bits per heavy atom. The molecule has 1 saturated carbocycles. The lowest BCUT2D eigenvalue weighted by molar-refractivity contribution is 0.345. The molecular weight excluding hydrogens is 258 g/mol. The van der Waals surface area contributed by atoms with E-state index >= 15 is 0 Å². The number of aromatic nitrogens is 4. The number of aromatic amines is 1. The molecule has 3 rings (SSSR count). The van der Waals surface area contributed by atoms with E-state index in [1.54, 1.807) is 11.6 Å². The first-order valence-corrected chi connectivity index (χ1v) is 7.02. The van der Waals surface area contributed by atoms with Crippen molar-refractivity contribution in [3.05, 3.63) is 20.8 Å². The Bertz CT molecular complexity index is 748. The molecule has 2 aromatic rings. The third-order valence-electron chi connectivity index (χ3n) is 4.10. The van der Waals surface area contributed by atoms with Crippen LogP contribution < -0.4 is 16.6 Å². The minimum atomic E-state index is -0.328. The van der Waals surface area contributed by atoms with E-state index in [1.807, 2.05) is 0 Å². The predicted molar refractivity (Wildman–Crippen MR) is 77.3 cm³/mol. The van der Waals surface area contributed by atoms with Crippen LogP contribution in [-0.2, 0) is 7.05 Å². The van der Waals surface area contributed by atoms with E-state index in [9.17, 15) is 9.59 Å². The number of nitrogens with one attached hydrogen (secondary N) is 2. The van der Waals surface area contributed by atoms with Gasteiger partial charge in [0.2, 0.25) is 5.95 Å². The molecule has 2 heterocycles. The normalized spacial score (nSPS) is 16.7. The van der Waals surface area contributed by atoms with E-state index in [1.165, 1.54) is 13.5 Å². The zero-order valence-corrected chi connectivity index (χ0v) is 11.8. The van der Waals surface area contributed by atoms with Gasteiger partial charge in [-0.2, -0.15) is 4.98 Å². The van der Waals surface area contributed by atoms with Crippen molar-refractivity contribution in [3.63, 3.8) is 0 Å². The number of H-pyrrole nitrogens is 1. The summed E-state index contributed by atoms with van der Waals surface area (Å²) < 4.78 is 2.85. The zero-order chi connectivity index (χ0) is 14.3. The molecule has 1 fully saturated rings. The van der Waals surface area contributed by atoms with Crippen LogP contribution in [0.2, 0.25) is 0 Å². The monoisotopic (exact) mass is 277 g/mol. The summed E-state index contributed by atoms with van der Waals surface area (Å²) >= 11 is 0. The summed E-state index contributed by atoms with van der Waals surface area (Å²) in [5.41, 5.74) is 0.256. The quantitative estimate of drug-likeness (QED) is 0.856. The first-order valence-electron chi connectivity index (χ1n) is 7.02. The molecule has 0 saturated heterocycles. The number of hydrogen-bond donors (Lipinski definition) is 2. The fraction of sp³-hybridized carbons (Fsp3) is 0.615. The van der Waals surface area contributed by atoms with Crippen molar-refractivity contribution < 1.29 is 0 Å². The van der Waals surface area contributed by atoms with Crippen LogP contribution in [0.4, 0.5) is 5.95 Å². The van der Waals surface area contributed by atoms with Gasteiger partial charge >= 0.3 is 5.69 Å². The maximum atomic E-state index is 12.5. The van der Waals surface area contributed by atoms with Crippen LogP contribution in [0.1, 0.15) is 38.1 Å². The third-order valence-corrected chi connectivity index (χ3v) is 4.10. The highest BCUT2D eigenvalue weighted by molar-refractivity contribution is 5.72. The highest BCUT2D eigenvalue weighted by Gasteiger charge is 2.23. The molecule has 7 nitrogen and oxygen atoms in total. The summed E-state index contributed by atoms with van der Waals surface area (Å²) in [6.45, 7) is 0. The molecule has 2 aromatic heterocycles. The summed E-state index contributed by atoms with van der Waals surface area (Å²) in [5.74, 6) is 0.507. The molecule has 7 heteroatoms. The summed E-state index contributed by atoms with van der Waals surface area (Å²) in [6, 6.07) is 0.138. The minimum Gasteiger partial charge on any atom is -0.359 e. The first kappa shape index (κ1) is 13.0. The Balaban J connectivity index is 2.31. The van der Waals surface area contributed by atoms with Gasteiger partial charge < -0.3 is 10.3 Å². The molecule has 0 amide bonds. The maximum Gasteiger partial charge on any atom is 0.332 e. The van der Waals surface area contributed by atoms with Gasteiger partial charge in [-0.1, -0.05) is 19.3 Å². The Morgan fingerprint density at radius 2 is 1.95 bits per heavy atom. The Kier molecular flexibility index (Phi) is 3.11. The maximum absolute atomic E-state index is 12.5. The average molecular weight is 277 g/mol. The molecule has 0 atom stereocenters. The van der Waals surface area contributed by atoms with E-state index in [2.05, 4.69) is 15.3 Å². The zero-order valence-electron chi connectivity index (χ0n) is 11.8. The number of nitrogens with zero attached hydrogens (tertiary/aromatic N) is 3. The molecule has 0 radical (unpaired) electrons. The summed E-state index contributed by atoms with van der Waals surface area (Å²) in [6.07, 6.45) is 5.38. The molecule has 1 aliphatic rings. The van der Waals surface area contributed by atoms with Crippen LogP contribution in [0.5, 0.6) is 0 Å². The van der Waals surface area contributed by atoms with Gasteiger partial charge in [0, 0.05) is 20.1 Å². The van der Waals surface area contributed by atoms with E-state index in [-0.39, 0.29) is 17.3 Å². The summed E-state index contributed by atoms with van der Waals surface area (Å²) in [7, 11) is 3.24. The topological polar surface area (TPSA) is 84.7 Å². The van der Waals surface area contributed by atoms with E-state index < -0.39 is 0 Å². The number of imidazole rings is 1. The van der Waals surface area contributed by atoms with Crippen molar-refractivity contribution in [1.82, 2.24) is 19.1 Å². The molecular formula is C13H19N5O2. The lowest BCUT2D eigenvalue weighted by Gasteiger charge is -2.24.